The number of ether oxygens (including phenoxy) is 2. The first kappa shape index (κ1) is 54.5. The first-order chi connectivity index (χ1) is 36.2. The van der Waals surface area contributed by atoms with Crippen molar-refractivity contribution in [2.75, 3.05) is 14.2 Å². The molecule has 375 valence electrons. The van der Waals surface area contributed by atoms with Crippen LogP contribution in [0.15, 0.2) is 273 Å². The van der Waals surface area contributed by atoms with E-state index in [1.54, 1.807) is 14.2 Å². The molecule has 11 heteroatoms. The number of rotatable bonds is 12. The third-order valence-corrected chi connectivity index (χ3v) is 19.8. The number of halogens is 4. The van der Waals surface area contributed by atoms with E-state index in [0.29, 0.717) is 0 Å². The van der Waals surface area contributed by atoms with Gasteiger partial charge in [0, 0.05) is 30.7 Å². The zero-order valence-corrected chi connectivity index (χ0v) is 46.1. The molecule has 11 aromatic carbocycles. The molecule has 11 aromatic rings. The van der Waals surface area contributed by atoms with Gasteiger partial charge in [-0.1, -0.05) is 261 Å². The van der Waals surface area contributed by atoms with Crippen LogP contribution >= 0.6 is 23.8 Å². The number of hydrogen-bond donors (Lipinski definition) is 0. The van der Waals surface area contributed by atoms with Crippen LogP contribution in [-0.4, -0.2) is 21.5 Å². The summed E-state index contributed by atoms with van der Waals surface area (Å²) < 4.78 is 50.2. The van der Waals surface area contributed by atoms with E-state index in [0.717, 1.165) is 11.5 Å². The topological polar surface area (TPSA) is 18.5 Å². The summed E-state index contributed by atoms with van der Waals surface area (Å²) in [6, 6.07) is 98.8. The van der Waals surface area contributed by atoms with Gasteiger partial charge in [0.05, 0.1) is 14.2 Å². The second-order valence-corrected chi connectivity index (χ2v) is 23.4. The van der Waals surface area contributed by atoms with Crippen LogP contribution < -0.4 is 57.2 Å². The molecule has 0 aromatic heterocycles. The van der Waals surface area contributed by atoms with Crippen molar-refractivity contribution in [1.29, 1.82) is 0 Å². The third kappa shape index (κ3) is 13.2. The molecule has 0 aliphatic rings. The summed E-state index contributed by atoms with van der Waals surface area (Å²) in [6.45, 7) is 0. The molecule has 1 radical (unpaired) electrons. The second kappa shape index (κ2) is 26.2. The van der Waals surface area contributed by atoms with Gasteiger partial charge in [0.2, 0.25) is 0 Å². The number of benzene rings is 11. The molecule has 0 spiro atoms. The fourth-order valence-electron chi connectivity index (χ4n) is 9.19. The molecule has 0 saturated heterocycles. The average molecular weight is 1220 g/mol. The van der Waals surface area contributed by atoms with Crippen molar-refractivity contribution >= 4 is 100 Å². The molecule has 0 N–H and O–H groups in total. The Kier molecular flexibility index (Phi) is 19.0. The maximum atomic E-state index is 9.75. The van der Waals surface area contributed by atoms with Gasteiger partial charge >= 0.3 is 7.25 Å². The van der Waals surface area contributed by atoms with Gasteiger partial charge in [-0.05, 0) is 106 Å². The predicted octanol–water partition coefficient (Wildman–Crippen LogP) is 13.9. The Morgan fingerprint density at radius 1 is 0.280 bits per heavy atom. The quantitative estimate of drug-likeness (QED) is 0.0689. The Morgan fingerprint density at radius 2 is 0.533 bits per heavy atom. The predicted molar refractivity (Wildman–Crippen MR) is 313 cm³/mol. The van der Waals surface area contributed by atoms with Crippen molar-refractivity contribution in [3.63, 3.8) is 0 Å². The normalized spacial score (nSPS) is 11.1. The molecule has 0 saturated carbocycles. The number of hydrogen-bond acceptors (Lipinski definition) is 2. The SMILES string of the molecule is COc1ccccc1P(c1ccccc1)c1ccccc1OC.F[B-](F)(F)F.[Ir].c1ccc(P(c2ccccc2)c2ccc3ccccc3c2-c2c(P(c3ccccc3)c3ccccc3)ccc3ccccc23)cc1. The van der Waals surface area contributed by atoms with Crippen LogP contribution in [0.25, 0.3) is 32.7 Å². The zero-order valence-electron chi connectivity index (χ0n) is 41.1. The third-order valence-electron chi connectivity index (χ3n) is 12.3. The van der Waals surface area contributed by atoms with Gasteiger partial charge in [0.15, 0.2) is 0 Å². The van der Waals surface area contributed by atoms with Crippen molar-refractivity contribution in [1.82, 2.24) is 0 Å². The van der Waals surface area contributed by atoms with Crippen LogP contribution in [0.2, 0.25) is 0 Å². The van der Waals surface area contributed by atoms with E-state index in [9.17, 15) is 17.3 Å². The van der Waals surface area contributed by atoms with Gasteiger partial charge in [-0.15, -0.1) is 0 Å². The Hall–Kier alpha value is -6.74. The standard InChI is InChI=1S/C44H32P2.C20H19O2P.BF4.Ir/c1-5-19-35(20-6-1)45(36-21-7-2-8-22-36)41-31-29-33-17-13-15-27-39(33)43(41)44-40-28-16-14-18-34(40)30-32-42(44)46(37-23-9-3-10-24-37)38-25-11-4-12-26-38;1-21-17-12-6-8-14-19(17)23(16-10-4-3-5-11-16)20-15-9-7-13-18(20)22-2;2-1(3,4)5;/h1-32H;3-15H,1-2H3;;/q;;-1;. The molecule has 0 heterocycles. The molecule has 0 aliphatic heterocycles. The Morgan fingerprint density at radius 3 is 0.840 bits per heavy atom. The number of fused-ring (bicyclic) bond motifs is 2. The van der Waals surface area contributed by atoms with E-state index in [-0.39, 0.29) is 20.1 Å². The minimum absolute atomic E-state index is 0. The first-order valence-electron chi connectivity index (χ1n) is 24.0. The summed E-state index contributed by atoms with van der Waals surface area (Å²) in [5.74, 6) is 1.82. The van der Waals surface area contributed by atoms with Gasteiger partial charge in [-0.3, -0.25) is 0 Å². The van der Waals surface area contributed by atoms with Crippen LogP contribution in [0.3, 0.4) is 0 Å². The summed E-state index contributed by atoms with van der Waals surface area (Å²) in [4.78, 5) is 0. The van der Waals surface area contributed by atoms with Gasteiger partial charge in [0.25, 0.3) is 0 Å². The largest absolute Gasteiger partial charge is 0.673 e. The second-order valence-electron chi connectivity index (χ2n) is 16.9. The molecular formula is C64H51BF4IrO2P3-. The molecule has 0 amide bonds. The zero-order chi connectivity index (χ0) is 51.3. The maximum absolute atomic E-state index is 9.75. The van der Waals surface area contributed by atoms with E-state index in [4.69, 9.17) is 9.47 Å². The van der Waals surface area contributed by atoms with Crippen molar-refractivity contribution in [3.05, 3.63) is 273 Å². The summed E-state index contributed by atoms with van der Waals surface area (Å²) in [5.41, 5.74) is 2.70. The van der Waals surface area contributed by atoms with Crippen LogP contribution in [0.5, 0.6) is 11.5 Å². The summed E-state index contributed by atoms with van der Waals surface area (Å²) in [7, 11) is -5.01. The van der Waals surface area contributed by atoms with Crippen LogP contribution in [0.1, 0.15) is 0 Å². The molecule has 2 nitrogen and oxygen atoms in total. The van der Waals surface area contributed by atoms with Crippen molar-refractivity contribution in [2.45, 2.75) is 0 Å². The Balaban J connectivity index is 0.000000216. The Bertz CT molecular complexity index is 3270. The Labute approximate surface area is 454 Å². The molecular weight excluding hydrogens is 1170 g/mol. The summed E-state index contributed by atoms with van der Waals surface area (Å²) >= 11 is 0. The first-order valence-corrected chi connectivity index (χ1v) is 28.1. The van der Waals surface area contributed by atoms with E-state index in [2.05, 4.69) is 243 Å². The minimum atomic E-state index is -6.00. The average Bonchev–Trinajstić information content (AvgIpc) is 3.45. The smallest absolute Gasteiger partial charge is 0.496 e. The van der Waals surface area contributed by atoms with Crippen molar-refractivity contribution in [3.8, 4) is 22.6 Å². The fourth-order valence-corrected chi connectivity index (χ4v) is 16.7. The van der Waals surface area contributed by atoms with Crippen LogP contribution in [-0.2, 0) is 20.1 Å². The molecule has 0 fully saturated rings. The summed E-state index contributed by atoms with van der Waals surface area (Å²) in [6.07, 6.45) is 0. The van der Waals surface area contributed by atoms with E-state index in [1.807, 2.05) is 30.3 Å². The molecule has 11 rings (SSSR count). The summed E-state index contributed by atoms with van der Waals surface area (Å²) in [5, 5.41) is 17.0. The molecule has 0 atom stereocenters. The van der Waals surface area contributed by atoms with Gasteiger partial charge in [0.1, 0.15) is 11.5 Å². The number of para-hydroxylation sites is 2. The van der Waals surface area contributed by atoms with Crippen molar-refractivity contribution < 1.29 is 46.8 Å². The van der Waals surface area contributed by atoms with Gasteiger partial charge in [-0.2, -0.15) is 0 Å². The minimum Gasteiger partial charge on any atom is -0.496 e. The van der Waals surface area contributed by atoms with Gasteiger partial charge in [-0.25, -0.2) is 0 Å². The number of methoxy groups -OCH3 is 2. The van der Waals surface area contributed by atoms with E-state index < -0.39 is 31.0 Å². The molecule has 0 aliphatic carbocycles. The van der Waals surface area contributed by atoms with Crippen LogP contribution in [0, 0.1) is 0 Å². The molecule has 75 heavy (non-hydrogen) atoms. The monoisotopic (exact) mass is 1220 g/mol. The molecule has 0 unspecified atom stereocenters. The fraction of sp³-hybridized carbons (Fsp3) is 0.0312. The van der Waals surface area contributed by atoms with E-state index >= 15 is 0 Å². The van der Waals surface area contributed by atoms with Crippen molar-refractivity contribution in [2.24, 2.45) is 0 Å². The van der Waals surface area contributed by atoms with Gasteiger partial charge < -0.3 is 26.7 Å². The molecule has 0 bridgehead atoms. The maximum Gasteiger partial charge on any atom is 0.673 e. The van der Waals surface area contributed by atoms with Crippen LogP contribution in [0.4, 0.5) is 17.3 Å². The van der Waals surface area contributed by atoms with E-state index in [1.165, 1.54) is 80.4 Å².